The van der Waals surface area contributed by atoms with Gasteiger partial charge in [-0.05, 0) is 25.7 Å². The second-order valence-electron chi connectivity index (χ2n) is 5.97. The zero-order valence-electron chi connectivity index (χ0n) is 12.7. The van der Waals surface area contributed by atoms with Crippen molar-refractivity contribution in [2.24, 2.45) is 11.8 Å². The Balaban J connectivity index is 2.41. The van der Waals surface area contributed by atoms with Gasteiger partial charge in [0.1, 0.15) is 5.78 Å². The lowest BCUT2D eigenvalue weighted by Gasteiger charge is -2.35. The molecule has 0 saturated carbocycles. The second kappa shape index (κ2) is 7.63. The van der Waals surface area contributed by atoms with Crippen molar-refractivity contribution in [2.75, 3.05) is 19.6 Å². The summed E-state index contributed by atoms with van der Waals surface area (Å²) in [5.74, 6) is 1.16. The normalized spacial score (nSPS) is 22.6. The summed E-state index contributed by atoms with van der Waals surface area (Å²) in [5.41, 5.74) is 0. The number of Topliss-reactive ketones (excluding diaryl/α,β-unsaturated/α-hetero) is 1. The molecule has 1 saturated heterocycles. The highest BCUT2D eigenvalue weighted by molar-refractivity contribution is 5.84. The van der Waals surface area contributed by atoms with E-state index in [-0.39, 0.29) is 17.9 Å². The predicted octanol–water partition coefficient (Wildman–Crippen LogP) is 1.84. The van der Waals surface area contributed by atoms with Gasteiger partial charge < -0.3 is 5.32 Å². The molecule has 4 heteroatoms. The average molecular weight is 268 g/mol. The van der Waals surface area contributed by atoms with E-state index in [0.29, 0.717) is 24.7 Å². The molecular formula is C15H28N2O2. The number of nitrogens with one attached hydrogen (secondary N) is 1. The van der Waals surface area contributed by atoms with Crippen LogP contribution >= 0.6 is 0 Å². The van der Waals surface area contributed by atoms with E-state index in [1.807, 2.05) is 13.8 Å². The van der Waals surface area contributed by atoms with Crippen LogP contribution in [0.15, 0.2) is 0 Å². The lowest BCUT2D eigenvalue weighted by atomic mass is 9.93. The minimum absolute atomic E-state index is 0.0878. The van der Waals surface area contributed by atoms with Crippen molar-refractivity contribution < 1.29 is 9.59 Å². The molecule has 1 aliphatic rings. The summed E-state index contributed by atoms with van der Waals surface area (Å²) in [5, 5.41) is 2.99. The molecule has 0 aromatic rings. The number of nitrogens with zero attached hydrogens (tertiary/aromatic N) is 1. The van der Waals surface area contributed by atoms with Crippen LogP contribution in [0.4, 0.5) is 0 Å². The number of carbonyl (C=O) groups excluding carboxylic acids is 2. The van der Waals surface area contributed by atoms with Gasteiger partial charge in [-0.2, -0.15) is 0 Å². The summed E-state index contributed by atoms with van der Waals surface area (Å²) in [6, 6.07) is -0.130. The molecule has 1 aliphatic heterocycles. The molecule has 0 aromatic carbocycles. The van der Waals surface area contributed by atoms with Gasteiger partial charge in [-0.3, -0.25) is 14.5 Å². The third kappa shape index (κ3) is 4.94. The molecular weight excluding hydrogens is 240 g/mol. The van der Waals surface area contributed by atoms with Crippen LogP contribution in [0.25, 0.3) is 0 Å². The molecule has 2 atom stereocenters. The number of rotatable bonds is 6. The maximum absolute atomic E-state index is 12.1. The van der Waals surface area contributed by atoms with Crippen molar-refractivity contribution >= 4 is 11.7 Å². The van der Waals surface area contributed by atoms with E-state index in [1.165, 1.54) is 0 Å². The fourth-order valence-electron chi connectivity index (χ4n) is 2.44. The van der Waals surface area contributed by atoms with Crippen LogP contribution in [0.1, 0.15) is 47.0 Å². The second-order valence-corrected chi connectivity index (χ2v) is 5.97. The molecule has 0 aromatic heterocycles. The summed E-state index contributed by atoms with van der Waals surface area (Å²) < 4.78 is 0. The van der Waals surface area contributed by atoms with Crippen LogP contribution in [0.5, 0.6) is 0 Å². The molecule has 0 bridgehead atoms. The van der Waals surface area contributed by atoms with Gasteiger partial charge in [0, 0.05) is 32.0 Å². The number of ketones is 1. The van der Waals surface area contributed by atoms with Gasteiger partial charge in [0.05, 0.1) is 6.04 Å². The van der Waals surface area contributed by atoms with Crippen molar-refractivity contribution in [1.82, 2.24) is 10.2 Å². The maximum atomic E-state index is 12.1. The molecule has 0 spiro atoms. The Morgan fingerprint density at radius 1 is 1.42 bits per heavy atom. The average Bonchev–Trinajstić information content (AvgIpc) is 2.38. The highest BCUT2D eigenvalue weighted by atomic mass is 16.2. The van der Waals surface area contributed by atoms with Crippen molar-refractivity contribution in [2.45, 2.75) is 53.0 Å². The molecule has 1 heterocycles. The number of hydrogen-bond donors (Lipinski definition) is 1. The van der Waals surface area contributed by atoms with Crippen LogP contribution in [0.2, 0.25) is 0 Å². The molecule has 1 fully saturated rings. The lowest BCUT2D eigenvalue weighted by molar-refractivity contribution is -0.132. The SMILES string of the molecule is CCC1CN(C(C)C(=O)NCCC(C)C)CCC1=O. The van der Waals surface area contributed by atoms with Crippen LogP contribution in [0, 0.1) is 11.8 Å². The zero-order valence-corrected chi connectivity index (χ0v) is 12.7. The minimum atomic E-state index is -0.130. The summed E-state index contributed by atoms with van der Waals surface area (Å²) >= 11 is 0. The van der Waals surface area contributed by atoms with Crippen LogP contribution in [-0.2, 0) is 9.59 Å². The molecule has 0 aliphatic carbocycles. The third-order valence-corrected chi connectivity index (χ3v) is 4.00. The quantitative estimate of drug-likeness (QED) is 0.799. The zero-order chi connectivity index (χ0) is 14.4. The number of hydrogen-bond acceptors (Lipinski definition) is 3. The topological polar surface area (TPSA) is 49.4 Å². The van der Waals surface area contributed by atoms with Crippen LogP contribution in [0.3, 0.4) is 0 Å². The molecule has 1 amide bonds. The van der Waals surface area contributed by atoms with Crippen molar-refractivity contribution in [3.8, 4) is 0 Å². The molecule has 1 N–H and O–H groups in total. The Kier molecular flexibility index (Phi) is 6.49. The summed E-state index contributed by atoms with van der Waals surface area (Å²) in [6.45, 7) is 10.5. The van der Waals surface area contributed by atoms with Crippen molar-refractivity contribution in [3.05, 3.63) is 0 Å². The van der Waals surface area contributed by atoms with E-state index in [4.69, 9.17) is 0 Å². The smallest absolute Gasteiger partial charge is 0.237 e. The Hall–Kier alpha value is -0.900. The Bertz CT molecular complexity index is 315. The van der Waals surface area contributed by atoms with E-state index < -0.39 is 0 Å². The Morgan fingerprint density at radius 2 is 2.11 bits per heavy atom. The van der Waals surface area contributed by atoms with Crippen molar-refractivity contribution in [1.29, 1.82) is 0 Å². The molecule has 1 rings (SSSR count). The summed E-state index contributed by atoms with van der Waals surface area (Å²) in [7, 11) is 0. The fraction of sp³-hybridized carbons (Fsp3) is 0.867. The van der Waals surface area contributed by atoms with E-state index in [0.717, 1.165) is 25.9 Å². The van der Waals surface area contributed by atoms with E-state index in [1.54, 1.807) is 0 Å². The van der Waals surface area contributed by atoms with Gasteiger partial charge in [-0.15, -0.1) is 0 Å². The summed E-state index contributed by atoms with van der Waals surface area (Å²) in [4.78, 5) is 25.9. The van der Waals surface area contributed by atoms with Gasteiger partial charge >= 0.3 is 0 Å². The number of amides is 1. The van der Waals surface area contributed by atoms with Gasteiger partial charge in [0.15, 0.2) is 0 Å². The minimum Gasteiger partial charge on any atom is -0.355 e. The van der Waals surface area contributed by atoms with Crippen LogP contribution in [-0.4, -0.2) is 42.3 Å². The Labute approximate surface area is 116 Å². The predicted molar refractivity (Wildman–Crippen MR) is 76.9 cm³/mol. The first-order valence-electron chi connectivity index (χ1n) is 7.50. The molecule has 0 radical (unpaired) electrons. The first kappa shape index (κ1) is 16.2. The molecule has 4 nitrogen and oxygen atoms in total. The van der Waals surface area contributed by atoms with E-state index >= 15 is 0 Å². The van der Waals surface area contributed by atoms with E-state index in [2.05, 4.69) is 24.1 Å². The maximum Gasteiger partial charge on any atom is 0.237 e. The monoisotopic (exact) mass is 268 g/mol. The first-order chi connectivity index (χ1) is 8.95. The van der Waals surface area contributed by atoms with Crippen molar-refractivity contribution in [3.63, 3.8) is 0 Å². The number of piperidine rings is 1. The highest BCUT2D eigenvalue weighted by Gasteiger charge is 2.30. The number of carbonyl (C=O) groups is 2. The van der Waals surface area contributed by atoms with Gasteiger partial charge in [0.25, 0.3) is 0 Å². The largest absolute Gasteiger partial charge is 0.355 e. The lowest BCUT2D eigenvalue weighted by Crippen LogP contribution is -2.51. The molecule has 110 valence electrons. The van der Waals surface area contributed by atoms with Gasteiger partial charge in [0.2, 0.25) is 5.91 Å². The molecule has 2 unspecified atom stereocenters. The number of likely N-dealkylation sites (tertiary alicyclic amines) is 1. The van der Waals surface area contributed by atoms with E-state index in [9.17, 15) is 9.59 Å². The highest BCUT2D eigenvalue weighted by Crippen LogP contribution is 2.18. The molecule has 19 heavy (non-hydrogen) atoms. The standard InChI is InChI=1S/C15H28N2O2/c1-5-13-10-17(9-7-14(13)18)12(4)15(19)16-8-6-11(2)3/h11-13H,5-10H2,1-4H3,(H,16,19). The fourth-order valence-corrected chi connectivity index (χ4v) is 2.44. The summed E-state index contributed by atoms with van der Waals surface area (Å²) in [6.07, 6.45) is 2.47. The van der Waals surface area contributed by atoms with Gasteiger partial charge in [-0.1, -0.05) is 20.8 Å². The van der Waals surface area contributed by atoms with Gasteiger partial charge in [-0.25, -0.2) is 0 Å². The Morgan fingerprint density at radius 3 is 2.68 bits per heavy atom. The first-order valence-corrected chi connectivity index (χ1v) is 7.50. The van der Waals surface area contributed by atoms with Crippen LogP contribution < -0.4 is 5.32 Å². The third-order valence-electron chi connectivity index (χ3n) is 4.00.